The first-order chi connectivity index (χ1) is 9.05. The van der Waals surface area contributed by atoms with Gasteiger partial charge in [-0.1, -0.05) is 13.8 Å². The third kappa shape index (κ3) is 2.41. The van der Waals surface area contributed by atoms with E-state index in [0.717, 1.165) is 6.07 Å². The second-order valence-electron chi connectivity index (χ2n) is 5.90. The van der Waals surface area contributed by atoms with Crippen LogP contribution in [0.25, 0.3) is 0 Å². The number of aliphatic hydroxyl groups is 1. The maximum atomic E-state index is 14.0. The number of rotatable bonds is 3. The summed E-state index contributed by atoms with van der Waals surface area (Å²) in [7, 11) is -4.01. The van der Waals surface area contributed by atoms with E-state index in [4.69, 9.17) is 5.73 Å². The van der Waals surface area contributed by atoms with Crippen LogP contribution in [0.3, 0.4) is 0 Å². The molecule has 0 radical (unpaired) electrons. The van der Waals surface area contributed by atoms with Gasteiger partial charge in [-0.25, -0.2) is 17.5 Å². The van der Waals surface area contributed by atoms with E-state index in [1.807, 2.05) is 0 Å². The Morgan fingerprint density at radius 3 is 2.55 bits per heavy atom. The number of sulfonamides is 1. The molecule has 0 saturated heterocycles. The van der Waals surface area contributed by atoms with Crippen molar-refractivity contribution in [2.75, 3.05) is 5.73 Å². The summed E-state index contributed by atoms with van der Waals surface area (Å²) in [4.78, 5) is -0.452. The molecule has 1 fully saturated rings. The fourth-order valence-electron chi connectivity index (χ4n) is 2.31. The van der Waals surface area contributed by atoms with E-state index in [9.17, 15) is 17.9 Å². The summed E-state index contributed by atoms with van der Waals surface area (Å²) in [5, 5.41) is 9.63. The first-order valence-corrected chi connectivity index (χ1v) is 7.80. The van der Waals surface area contributed by atoms with Crippen LogP contribution in [0.5, 0.6) is 0 Å². The Bertz CT molecular complexity index is 643. The second-order valence-corrected chi connectivity index (χ2v) is 7.58. The molecule has 1 saturated carbocycles. The lowest BCUT2D eigenvalue weighted by Crippen LogP contribution is -2.61. The van der Waals surface area contributed by atoms with Crippen molar-refractivity contribution in [2.24, 2.45) is 5.41 Å². The Morgan fingerprint density at radius 1 is 1.45 bits per heavy atom. The first-order valence-electron chi connectivity index (χ1n) is 6.31. The second kappa shape index (κ2) is 4.68. The van der Waals surface area contributed by atoms with Crippen LogP contribution in [-0.4, -0.2) is 25.7 Å². The van der Waals surface area contributed by atoms with Crippen LogP contribution >= 0.6 is 0 Å². The summed E-state index contributed by atoms with van der Waals surface area (Å²) in [6.45, 7) is 4.98. The molecule has 112 valence electrons. The summed E-state index contributed by atoms with van der Waals surface area (Å²) >= 11 is 0. The normalized spacial score (nSPS) is 25.2. The van der Waals surface area contributed by atoms with Gasteiger partial charge < -0.3 is 10.8 Å². The van der Waals surface area contributed by atoms with Crippen molar-refractivity contribution in [3.05, 3.63) is 23.5 Å². The summed E-state index contributed by atoms with van der Waals surface area (Å²) in [6.07, 6.45) is -0.252. The summed E-state index contributed by atoms with van der Waals surface area (Å²) < 4.78 is 41.0. The molecule has 0 aliphatic heterocycles. The largest absolute Gasteiger partial charge is 0.399 e. The van der Waals surface area contributed by atoms with Crippen LogP contribution in [0.15, 0.2) is 17.0 Å². The molecule has 5 nitrogen and oxygen atoms in total. The van der Waals surface area contributed by atoms with Crippen molar-refractivity contribution in [3.63, 3.8) is 0 Å². The summed E-state index contributed by atoms with van der Waals surface area (Å²) in [5.41, 5.74) is 5.38. The van der Waals surface area contributed by atoms with Gasteiger partial charge in [-0.2, -0.15) is 0 Å². The average Bonchev–Trinajstić information content (AvgIpc) is 2.33. The molecule has 1 aliphatic carbocycles. The lowest BCUT2D eigenvalue weighted by molar-refractivity contribution is -0.0645. The lowest BCUT2D eigenvalue weighted by atomic mass is 9.65. The molecule has 0 spiro atoms. The maximum absolute atomic E-state index is 14.0. The monoisotopic (exact) mass is 302 g/mol. The molecular formula is C13H19FN2O3S. The Balaban J connectivity index is 2.33. The fourth-order valence-corrected chi connectivity index (χ4v) is 3.90. The minimum atomic E-state index is -4.01. The number of hydrogen-bond donors (Lipinski definition) is 3. The number of benzene rings is 1. The standard InChI is InChI=1S/C13H19FN2O3S/c1-7-4-8(15)5-9(12(7)14)20(18,19)16-10-6-11(17)13(10,2)3/h4-5,10-11,16-17H,6,15H2,1-3H3. The number of hydrogen-bond acceptors (Lipinski definition) is 4. The molecule has 2 rings (SSSR count). The van der Waals surface area contributed by atoms with Crippen molar-refractivity contribution in [2.45, 2.75) is 44.2 Å². The first kappa shape index (κ1) is 15.2. The van der Waals surface area contributed by atoms with Gasteiger partial charge in [0.2, 0.25) is 10.0 Å². The highest BCUT2D eigenvalue weighted by Crippen LogP contribution is 2.41. The van der Waals surface area contributed by atoms with Crippen molar-refractivity contribution in [3.8, 4) is 0 Å². The van der Waals surface area contributed by atoms with Crippen molar-refractivity contribution < 1.29 is 17.9 Å². The molecule has 0 bridgehead atoms. The van der Waals surface area contributed by atoms with Crippen LogP contribution in [0.1, 0.15) is 25.8 Å². The van der Waals surface area contributed by atoms with Gasteiger partial charge in [0.1, 0.15) is 10.7 Å². The highest BCUT2D eigenvalue weighted by Gasteiger charge is 2.49. The lowest BCUT2D eigenvalue weighted by Gasteiger charge is -2.49. The van der Waals surface area contributed by atoms with Gasteiger partial charge in [-0.05, 0) is 31.0 Å². The molecule has 4 N–H and O–H groups in total. The zero-order valence-corrected chi connectivity index (χ0v) is 12.5. The van der Waals surface area contributed by atoms with E-state index in [1.165, 1.54) is 13.0 Å². The van der Waals surface area contributed by atoms with Crippen LogP contribution in [-0.2, 0) is 10.0 Å². The third-order valence-electron chi connectivity index (χ3n) is 4.05. The van der Waals surface area contributed by atoms with E-state index in [-0.39, 0.29) is 11.3 Å². The van der Waals surface area contributed by atoms with E-state index in [1.54, 1.807) is 13.8 Å². The molecule has 2 unspecified atom stereocenters. The van der Waals surface area contributed by atoms with Gasteiger partial charge in [-0.3, -0.25) is 0 Å². The van der Waals surface area contributed by atoms with Crippen molar-refractivity contribution >= 4 is 15.7 Å². The van der Waals surface area contributed by atoms with Gasteiger partial charge in [-0.15, -0.1) is 0 Å². The SMILES string of the molecule is Cc1cc(N)cc(S(=O)(=O)NC2CC(O)C2(C)C)c1F. The molecule has 20 heavy (non-hydrogen) atoms. The summed E-state index contributed by atoms with van der Waals surface area (Å²) in [6, 6.07) is 2.06. The quantitative estimate of drug-likeness (QED) is 0.730. The molecule has 0 aromatic heterocycles. The number of nitrogens with two attached hydrogens (primary N) is 1. The van der Waals surface area contributed by atoms with Gasteiger partial charge in [0.05, 0.1) is 6.10 Å². The Labute approximate surface area is 118 Å². The van der Waals surface area contributed by atoms with E-state index >= 15 is 0 Å². The molecule has 0 heterocycles. The number of anilines is 1. The van der Waals surface area contributed by atoms with Crippen LogP contribution in [0.2, 0.25) is 0 Å². The van der Waals surface area contributed by atoms with E-state index < -0.39 is 38.3 Å². The smallest absolute Gasteiger partial charge is 0.243 e. The van der Waals surface area contributed by atoms with Gasteiger partial charge >= 0.3 is 0 Å². The third-order valence-corrected chi connectivity index (χ3v) is 5.52. The van der Waals surface area contributed by atoms with Crippen LogP contribution in [0.4, 0.5) is 10.1 Å². The predicted octanol–water partition coefficient (Wildman–Crippen LogP) is 1.15. The highest BCUT2D eigenvalue weighted by atomic mass is 32.2. The molecule has 2 atom stereocenters. The number of nitrogen functional groups attached to an aromatic ring is 1. The molecule has 1 aromatic carbocycles. The van der Waals surface area contributed by atoms with Crippen molar-refractivity contribution in [1.82, 2.24) is 4.72 Å². The van der Waals surface area contributed by atoms with Crippen LogP contribution in [0, 0.1) is 18.2 Å². The number of nitrogens with one attached hydrogen (secondary N) is 1. The minimum absolute atomic E-state index is 0.179. The Kier molecular flexibility index (Phi) is 3.56. The van der Waals surface area contributed by atoms with Crippen molar-refractivity contribution in [1.29, 1.82) is 0 Å². The molecule has 1 aliphatic rings. The minimum Gasteiger partial charge on any atom is -0.399 e. The Hall–Kier alpha value is -1.18. The average molecular weight is 302 g/mol. The Morgan fingerprint density at radius 2 is 2.05 bits per heavy atom. The predicted molar refractivity (Wildman–Crippen MR) is 74.1 cm³/mol. The zero-order chi connectivity index (χ0) is 15.3. The van der Waals surface area contributed by atoms with E-state index in [2.05, 4.69) is 4.72 Å². The zero-order valence-electron chi connectivity index (χ0n) is 11.6. The molecule has 1 aromatic rings. The van der Waals surface area contributed by atoms with Crippen LogP contribution < -0.4 is 10.5 Å². The molecular weight excluding hydrogens is 283 g/mol. The van der Waals surface area contributed by atoms with E-state index in [0.29, 0.717) is 6.42 Å². The van der Waals surface area contributed by atoms with Gasteiger partial charge in [0, 0.05) is 17.1 Å². The maximum Gasteiger partial charge on any atom is 0.243 e. The van der Waals surface area contributed by atoms with Gasteiger partial charge in [0.25, 0.3) is 0 Å². The number of aliphatic hydroxyl groups excluding tert-OH is 1. The fraction of sp³-hybridized carbons (Fsp3) is 0.538. The molecule has 0 amide bonds. The number of aryl methyl sites for hydroxylation is 1. The van der Waals surface area contributed by atoms with Gasteiger partial charge in [0.15, 0.2) is 0 Å². The highest BCUT2D eigenvalue weighted by molar-refractivity contribution is 7.89. The number of halogens is 1. The summed E-state index contributed by atoms with van der Waals surface area (Å²) in [5.74, 6) is -0.802. The topological polar surface area (TPSA) is 92.4 Å². The molecule has 7 heteroatoms.